The third-order valence-electron chi connectivity index (χ3n) is 1.75. The van der Waals surface area contributed by atoms with Crippen molar-refractivity contribution in [3.05, 3.63) is 11.6 Å². The summed E-state index contributed by atoms with van der Waals surface area (Å²) in [4.78, 5) is 4.16. The van der Waals surface area contributed by atoms with Gasteiger partial charge < -0.3 is 5.32 Å². The first-order chi connectivity index (χ1) is 5.36. The first-order valence-electron chi connectivity index (χ1n) is 4.02. The predicted molar refractivity (Wildman–Crippen MR) is 50.1 cm³/mol. The Bertz CT molecular complexity index is 180. The summed E-state index contributed by atoms with van der Waals surface area (Å²) in [6.07, 6.45) is 4.15. The Morgan fingerprint density at radius 3 is 2.73 bits per heavy atom. The lowest BCUT2D eigenvalue weighted by molar-refractivity contribution is 0.671. The lowest BCUT2D eigenvalue weighted by Crippen LogP contribution is -2.16. The fourth-order valence-electron chi connectivity index (χ4n) is 0.962. The fourth-order valence-corrected chi connectivity index (χ4v) is 1.57. The summed E-state index contributed by atoms with van der Waals surface area (Å²) in [6.45, 7) is 4.38. The molecule has 0 aliphatic carbocycles. The van der Waals surface area contributed by atoms with Gasteiger partial charge in [-0.2, -0.15) is 0 Å². The van der Waals surface area contributed by atoms with Crippen LogP contribution < -0.4 is 5.32 Å². The lowest BCUT2D eigenvalue weighted by Gasteiger charge is -2.12. The SMILES string of the molecule is CCC(CC)Nc1nccs1. The molecule has 0 aliphatic rings. The van der Waals surface area contributed by atoms with E-state index in [0.717, 1.165) is 18.0 Å². The van der Waals surface area contributed by atoms with Crippen LogP contribution in [0.5, 0.6) is 0 Å². The minimum Gasteiger partial charge on any atom is -0.359 e. The Labute approximate surface area is 71.7 Å². The molecular weight excluding hydrogens is 156 g/mol. The monoisotopic (exact) mass is 170 g/mol. The average molecular weight is 170 g/mol. The Balaban J connectivity index is 2.41. The standard InChI is InChI=1S/C8H14N2S/c1-3-7(4-2)10-8-9-5-6-11-8/h5-7H,3-4H2,1-2H3,(H,9,10). The molecule has 62 valence electrons. The second kappa shape index (κ2) is 4.34. The average Bonchev–Trinajstić information content (AvgIpc) is 2.52. The van der Waals surface area contributed by atoms with Crippen LogP contribution in [0.4, 0.5) is 5.13 Å². The third-order valence-corrected chi connectivity index (χ3v) is 2.45. The van der Waals surface area contributed by atoms with Crippen molar-refractivity contribution in [1.29, 1.82) is 0 Å². The molecule has 1 aromatic heterocycles. The van der Waals surface area contributed by atoms with E-state index in [1.165, 1.54) is 0 Å². The Hall–Kier alpha value is -0.570. The highest BCUT2D eigenvalue weighted by Crippen LogP contribution is 2.13. The second-order valence-corrected chi connectivity index (χ2v) is 3.39. The Morgan fingerprint density at radius 2 is 2.27 bits per heavy atom. The smallest absolute Gasteiger partial charge is 0.182 e. The van der Waals surface area contributed by atoms with Crippen molar-refractivity contribution in [1.82, 2.24) is 4.98 Å². The first-order valence-corrected chi connectivity index (χ1v) is 4.90. The van der Waals surface area contributed by atoms with Crippen LogP contribution in [0.1, 0.15) is 26.7 Å². The number of anilines is 1. The number of nitrogens with one attached hydrogen (secondary N) is 1. The van der Waals surface area contributed by atoms with E-state index < -0.39 is 0 Å². The molecule has 1 aromatic rings. The van der Waals surface area contributed by atoms with Crippen molar-refractivity contribution in [3.63, 3.8) is 0 Å². The maximum Gasteiger partial charge on any atom is 0.182 e. The second-order valence-electron chi connectivity index (χ2n) is 2.50. The van der Waals surface area contributed by atoms with E-state index in [9.17, 15) is 0 Å². The zero-order valence-corrected chi connectivity index (χ0v) is 7.82. The molecule has 11 heavy (non-hydrogen) atoms. The number of nitrogens with zero attached hydrogens (tertiary/aromatic N) is 1. The van der Waals surface area contributed by atoms with Crippen LogP contribution in [0, 0.1) is 0 Å². The first kappa shape index (κ1) is 8.53. The molecule has 0 saturated heterocycles. The topological polar surface area (TPSA) is 24.9 Å². The third kappa shape index (κ3) is 2.50. The summed E-state index contributed by atoms with van der Waals surface area (Å²) in [5.74, 6) is 0. The van der Waals surface area contributed by atoms with Gasteiger partial charge in [-0.05, 0) is 12.8 Å². The van der Waals surface area contributed by atoms with Crippen molar-refractivity contribution in [2.45, 2.75) is 32.7 Å². The minimum absolute atomic E-state index is 0.584. The molecule has 0 saturated carbocycles. The molecule has 0 aliphatic heterocycles. The molecule has 1 rings (SSSR count). The highest BCUT2D eigenvalue weighted by Gasteiger charge is 2.02. The molecule has 0 bridgehead atoms. The number of hydrogen-bond acceptors (Lipinski definition) is 3. The summed E-state index contributed by atoms with van der Waals surface area (Å²) in [6, 6.07) is 0.584. The van der Waals surface area contributed by atoms with E-state index in [1.54, 1.807) is 11.3 Å². The summed E-state index contributed by atoms with van der Waals surface area (Å²) >= 11 is 1.66. The van der Waals surface area contributed by atoms with Gasteiger partial charge in [0.15, 0.2) is 5.13 Å². The molecule has 3 heteroatoms. The largest absolute Gasteiger partial charge is 0.359 e. The van der Waals surface area contributed by atoms with Gasteiger partial charge >= 0.3 is 0 Å². The van der Waals surface area contributed by atoms with Gasteiger partial charge in [0.25, 0.3) is 0 Å². The van der Waals surface area contributed by atoms with Gasteiger partial charge in [-0.1, -0.05) is 13.8 Å². The molecular formula is C8H14N2S. The Morgan fingerprint density at radius 1 is 1.55 bits per heavy atom. The van der Waals surface area contributed by atoms with Gasteiger partial charge in [0.05, 0.1) is 0 Å². The molecule has 0 fully saturated rings. The molecule has 0 atom stereocenters. The van der Waals surface area contributed by atoms with E-state index in [0.29, 0.717) is 6.04 Å². The van der Waals surface area contributed by atoms with Crippen molar-refractivity contribution in [2.24, 2.45) is 0 Å². The molecule has 0 radical (unpaired) electrons. The van der Waals surface area contributed by atoms with Gasteiger partial charge in [-0.3, -0.25) is 0 Å². The van der Waals surface area contributed by atoms with Crippen LogP contribution in [0.2, 0.25) is 0 Å². The normalized spacial score (nSPS) is 10.5. The van der Waals surface area contributed by atoms with Gasteiger partial charge in [0.2, 0.25) is 0 Å². The predicted octanol–water partition coefficient (Wildman–Crippen LogP) is 2.74. The van der Waals surface area contributed by atoms with Crippen molar-refractivity contribution < 1.29 is 0 Å². The lowest BCUT2D eigenvalue weighted by atomic mass is 10.2. The van der Waals surface area contributed by atoms with Crippen molar-refractivity contribution in [3.8, 4) is 0 Å². The van der Waals surface area contributed by atoms with Crippen LogP contribution in [-0.4, -0.2) is 11.0 Å². The zero-order chi connectivity index (χ0) is 8.10. The van der Waals surface area contributed by atoms with Gasteiger partial charge in [-0.25, -0.2) is 4.98 Å². The number of rotatable bonds is 4. The Kier molecular flexibility index (Phi) is 3.36. The molecule has 1 heterocycles. The van der Waals surface area contributed by atoms with E-state index in [4.69, 9.17) is 0 Å². The minimum atomic E-state index is 0.584. The van der Waals surface area contributed by atoms with Crippen LogP contribution in [0.3, 0.4) is 0 Å². The fraction of sp³-hybridized carbons (Fsp3) is 0.625. The molecule has 0 amide bonds. The van der Waals surface area contributed by atoms with Crippen molar-refractivity contribution >= 4 is 16.5 Å². The van der Waals surface area contributed by atoms with E-state index in [1.807, 2.05) is 11.6 Å². The van der Waals surface area contributed by atoms with E-state index >= 15 is 0 Å². The maximum atomic E-state index is 4.16. The van der Waals surface area contributed by atoms with Crippen LogP contribution in [-0.2, 0) is 0 Å². The van der Waals surface area contributed by atoms with E-state index in [2.05, 4.69) is 24.1 Å². The highest BCUT2D eigenvalue weighted by molar-refractivity contribution is 7.13. The summed E-state index contributed by atoms with van der Waals surface area (Å²) in [5, 5.41) is 6.40. The van der Waals surface area contributed by atoms with Gasteiger partial charge in [-0.15, -0.1) is 11.3 Å². The van der Waals surface area contributed by atoms with E-state index in [-0.39, 0.29) is 0 Å². The summed E-state index contributed by atoms with van der Waals surface area (Å²) in [7, 11) is 0. The number of aromatic nitrogens is 1. The maximum absolute atomic E-state index is 4.16. The molecule has 0 spiro atoms. The van der Waals surface area contributed by atoms with Crippen LogP contribution in [0.15, 0.2) is 11.6 Å². The summed E-state index contributed by atoms with van der Waals surface area (Å²) in [5.41, 5.74) is 0. The van der Waals surface area contributed by atoms with Crippen LogP contribution in [0.25, 0.3) is 0 Å². The molecule has 2 nitrogen and oxygen atoms in total. The molecule has 0 aromatic carbocycles. The highest BCUT2D eigenvalue weighted by atomic mass is 32.1. The zero-order valence-electron chi connectivity index (χ0n) is 7.00. The molecule has 0 unspecified atom stereocenters. The van der Waals surface area contributed by atoms with Gasteiger partial charge in [0, 0.05) is 17.6 Å². The van der Waals surface area contributed by atoms with Crippen LogP contribution >= 0.6 is 11.3 Å². The number of hydrogen-bond donors (Lipinski definition) is 1. The van der Waals surface area contributed by atoms with Gasteiger partial charge in [0.1, 0.15) is 0 Å². The summed E-state index contributed by atoms with van der Waals surface area (Å²) < 4.78 is 0. The number of thiazole rings is 1. The molecule has 1 N–H and O–H groups in total. The van der Waals surface area contributed by atoms with Crippen molar-refractivity contribution in [2.75, 3.05) is 5.32 Å². The quantitative estimate of drug-likeness (QED) is 0.751.